The maximum atomic E-state index is 12.8. The Balaban J connectivity index is 2.77. The number of halogens is 1. The Morgan fingerprint density at radius 3 is 2.35 bits per heavy atom. The van der Waals surface area contributed by atoms with Gasteiger partial charge in [0.05, 0.1) is 20.4 Å². The first-order valence-corrected chi connectivity index (χ1v) is 8.84. The molecule has 0 bridgehead atoms. The number of aliphatic imine (C=N–C) groups is 1. The van der Waals surface area contributed by atoms with Crippen LogP contribution < -0.4 is 11.5 Å². The van der Waals surface area contributed by atoms with E-state index in [-0.39, 0.29) is 21.0 Å². The van der Waals surface area contributed by atoms with Crippen LogP contribution in [0.3, 0.4) is 0 Å². The maximum absolute atomic E-state index is 12.8. The summed E-state index contributed by atoms with van der Waals surface area (Å²) in [5.74, 6) is -1.45. The van der Waals surface area contributed by atoms with Crippen molar-refractivity contribution in [1.82, 2.24) is 0 Å². The highest BCUT2D eigenvalue weighted by molar-refractivity contribution is 7.91. The molecule has 11 heteroatoms. The minimum atomic E-state index is -4.30. The number of amides is 1. The van der Waals surface area contributed by atoms with Crippen LogP contribution in [0.4, 0.5) is 5.69 Å². The topological polar surface area (TPSA) is 159 Å². The van der Waals surface area contributed by atoms with Crippen LogP contribution in [0.1, 0.15) is 15.9 Å². The molecule has 4 N–H and O–H groups in total. The van der Waals surface area contributed by atoms with E-state index >= 15 is 0 Å². The molecule has 0 spiro atoms. The van der Waals surface area contributed by atoms with Gasteiger partial charge in [-0.25, -0.2) is 8.42 Å². The number of nitrogens with two attached hydrogens (primary N) is 2. The number of nitrogens with zero attached hydrogens (tertiary/aromatic N) is 2. The lowest BCUT2D eigenvalue weighted by atomic mass is 10.1. The summed E-state index contributed by atoms with van der Waals surface area (Å²) < 4.78 is 25.7. The summed E-state index contributed by atoms with van der Waals surface area (Å²) in [6, 6.07) is 7.39. The fourth-order valence-electron chi connectivity index (χ4n) is 2.22. The molecule has 0 aromatic heterocycles. The Kier molecular flexibility index (Phi) is 5.28. The van der Waals surface area contributed by atoms with Crippen molar-refractivity contribution in [1.29, 1.82) is 0 Å². The zero-order valence-corrected chi connectivity index (χ0v) is 14.9. The maximum Gasteiger partial charge on any atom is 0.289 e. The van der Waals surface area contributed by atoms with Crippen molar-refractivity contribution in [3.8, 4) is 0 Å². The van der Waals surface area contributed by atoms with Gasteiger partial charge in [-0.15, -0.1) is 0 Å². The standard InChI is InChI=1S/C15H13ClN4O5S/c1-8-6-13(26(24,25)12-5-3-2-4-10(12)16)11(20(22)23)7-9(8)14(21)19-15(17)18/h2-7H,1H3,(H4,17,18,19,21). The molecule has 0 atom stereocenters. The van der Waals surface area contributed by atoms with E-state index < -0.39 is 37.2 Å². The van der Waals surface area contributed by atoms with Crippen LogP contribution in [0.5, 0.6) is 0 Å². The van der Waals surface area contributed by atoms with Gasteiger partial charge in [0.2, 0.25) is 9.84 Å². The summed E-state index contributed by atoms with van der Waals surface area (Å²) in [4.78, 5) is 24.9. The molecule has 9 nitrogen and oxygen atoms in total. The second kappa shape index (κ2) is 7.10. The van der Waals surface area contributed by atoms with Gasteiger partial charge in [0, 0.05) is 6.07 Å². The zero-order valence-electron chi connectivity index (χ0n) is 13.3. The SMILES string of the molecule is Cc1cc(S(=O)(=O)c2ccccc2Cl)c([N+](=O)[O-])cc1C(=O)N=C(N)N. The van der Waals surface area contributed by atoms with E-state index in [4.69, 9.17) is 23.1 Å². The van der Waals surface area contributed by atoms with Crippen molar-refractivity contribution in [2.75, 3.05) is 0 Å². The highest BCUT2D eigenvalue weighted by Gasteiger charge is 2.31. The summed E-state index contributed by atoms with van der Waals surface area (Å²) in [6.07, 6.45) is 0. The Bertz CT molecular complexity index is 1050. The van der Waals surface area contributed by atoms with Gasteiger partial charge >= 0.3 is 0 Å². The van der Waals surface area contributed by atoms with Crippen LogP contribution in [0.2, 0.25) is 5.02 Å². The average Bonchev–Trinajstić information content (AvgIpc) is 2.53. The number of rotatable bonds is 4. The van der Waals surface area contributed by atoms with Gasteiger partial charge in [0.15, 0.2) is 5.96 Å². The summed E-state index contributed by atoms with van der Waals surface area (Å²) >= 11 is 5.92. The van der Waals surface area contributed by atoms with Crippen molar-refractivity contribution in [2.24, 2.45) is 16.5 Å². The zero-order chi connectivity index (χ0) is 19.6. The summed E-state index contributed by atoms with van der Waals surface area (Å²) in [5, 5.41) is 11.3. The molecular weight excluding hydrogens is 384 g/mol. The number of carbonyl (C=O) groups excluding carboxylic acids is 1. The summed E-state index contributed by atoms with van der Waals surface area (Å²) in [5.41, 5.74) is 9.44. The first-order valence-electron chi connectivity index (χ1n) is 6.98. The molecule has 2 rings (SSSR count). The second-order valence-electron chi connectivity index (χ2n) is 5.17. The number of nitro groups is 1. The normalized spacial score (nSPS) is 11.0. The van der Waals surface area contributed by atoms with Crippen molar-refractivity contribution < 1.29 is 18.1 Å². The third kappa shape index (κ3) is 3.65. The van der Waals surface area contributed by atoms with Crippen molar-refractivity contribution in [3.05, 3.63) is 62.7 Å². The summed E-state index contributed by atoms with van der Waals surface area (Å²) in [6.45, 7) is 1.41. The number of aryl methyl sites for hydroxylation is 1. The van der Waals surface area contributed by atoms with E-state index in [1.165, 1.54) is 31.2 Å². The fraction of sp³-hybridized carbons (Fsp3) is 0.0667. The lowest BCUT2D eigenvalue weighted by Gasteiger charge is -2.10. The van der Waals surface area contributed by atoms with Gasteiger partial charge in [0.1, 0.15) is 4.90 Å². The second-order valence-corrected chi connectivity index (χ2v) is 7.46. The molecule has 0 radical (unpaired) electrons. The minimum Gasteiger partial charge on any atom is -0.370 e. The lowest BCUT2D eigenvalue weighted by molar-refractivity contribution is -0.387. The highest BCUT2D eigenvalue weighted by atomic mass is 35.5. The Hall–Kier alpha value is -2.98. The van der Waals surface area contributed by atoms with Crippen molar-refractivity contribution in [3.63, 3.8) is 0 Å². The number of sulfone groups is 1. The number of hydrogen-bond donors (Lipinski definition) is 2. The van der Waals surface area contributed by atoms with Gasteiger partial charge in [-0.3, -0.25) is 14.9 Å². The molecule has 0 unspecified atom stereocenters. The first-order chi connectivity index (χ1) is 12.1. The smallest absolute Gasteiger partial charge is 0.289 e. The average molecular weight is 397 g/mol. The van der Waals surface area contributed by atoms with Gasteiger partial charge in [-0.1, -0.05) is 23.7 Å². The molecule has 1 amide bonds. The van der Waals surface area contributed by atoms with Crippen LogP contribution in [0.25, 0.3) is 0 Å². The van der Waals surface area contributed by atoms with Crippen LogP contribution in [-0.4, -0.2) is 25.2 Å². The van der Waals surface area contributed by atoms with E-state index in [1.54, 1.807) is 0 Å². The molecule has 0 saturated carbocycles. The molecule has 2 aromatic carbocycles. The Morgan fingerprint density at radius 1 is 1.19 bits per heavy atom. The Morgan fingerprint density at radius 2 is 1.81 bits per heavy atom. The molecule has 0 aliphatic carbocycles. The van der Waals surface area contributed by atoms with E-state index in [9.17, 15) is 23.3 Å². The van der Waals surface area contributed by atoms with Gasteiger partial charge in [-0.05, 0) is 30.7 Å². The van der Waals surface area contributed by atoms with Crippen LogP contribution >= 0.6 is 11.6 Å². The number of nitro benzene ring substituents is 1. The molecule has 0 saturated heterocycles. The minimum absolute atomic E-state index is 0.0832. The third-order valence-corrected chi connectivity index (χ3v) is 5.66. The van der Waals surface area contributed by atoms with Crippen LogP contribution in [-0.2, 0) is 9.84 Å². The third-order valence-electron chi connectivity index (χ3n) is 3.38. The molecule has 0 aliphatic rings. The molecule has 136 valence electrons. The monoisotopic (exact) mass is 396 g/mol. The number of benzene rings is 2. The predicted molar refractivity (Wildman–Crippen MR) is 94.9 cm³/mol. The molecule has 2 aromatic rings. The molecule has 26 heavy (non-hydrogen) atoms. The predicted octanol–water partition coefficient (Wildman–Crippen LogP) is 1.80. The lowest BCUT2D eigenvalue weighted by Crippen LogP contribution is -2.24. The largest absolute Gasteiger partial charge is 0.370 e. The van der Waals surface area contributed by atoms with Crippen LogP contribution in [0, 0.1) is 17.0 Å². The highest BCUT2D eigenvalue weighted by Crippen LogP contribution is 2.34. The number of guanidine groups is 1. The van der Waals surface area contributed by atoms with Crippen molar-refractivity contribution >= 4 is 39.0 Å². The van der Waals surface area contributed by atoms with E-state index in [1.807, 2.05) is 0 Å². The van der Waals surface area contributed by atoms with Gasteiger partial charge < -0.3 is 11.5 Å². The first kappa shape index (κ1) is 19.3. The molecule has 0 aliphatic heterocycles. The quantitative estimate of drug-likeness (QED) is 0.345. The number of hydrogen-bond acceptors (Lipinski definition) is 5. The molecule has 0 heterocycles. The number of carbonyl (C=O) groups is 1. The molecule has 0 fully saturated rings. The van der Waals surface area contributed by atoms with Gasteiger partial charge in [0.25, 0.3) is 11.6 Å². The van der Waals surface area contributed by atoms with Crippen LogP contribution in [0.15, 0.2) is 51.2 Å². The molecular formula is C15H13ClN4O5S. The van der Waals surface area contributed by atoms with E-state index in [0.717, 1.165) is 12.1 Å². The Labute approximate surface area is 153 Å². The van der Waals surface area contributed by atoms with Gasteiger partial charge in [-0.2, -0.15) is 4.99 Å². The van der Waals surface area contributed by atoms with E-state index in [2.05, 4.69) is 4.99 Å². The van der Waals surface area contributed by atoms with E-state index in [0.29, 0.717) is 0 Å². The van der Waals surface area contributed by atoms with Crippen molar-refractivity contribution in [2.45, 2.75) is 16.7 Å². The fourth-order valence-corrected chi connectivity index (χ4v) is 4.22. The summed E-state index contributed by atoms with van der Waals surface area (Å²) in [7, 11) is -4.30.